The minimum Gasteiger partial charge on any atom is -0.338 e. The summed E-state index contributed by atoms with van der Waals surface area (Å²) in [6.45, 7) is 4.35. The van der Waals surface area contributed by atoms with Gasteiger partial charge in [0.05, 0.1) is 30.9 Å². The Hall–Kier alpha value is -2.28. The first kappa shape index (κ1) is 25.8. The molecule has 0 bridgehead atoms. The number of rotatable bonds is 10. The summed E-state index contributed by atoms with van der Waals surface area (Å²) in [5.74, 6) is 1.32. The van der Waals surface area contributed by atoms with E-state index >= 15 is 0 Å². The van der Waals surface area contributed by atoms with Crippen LogP contribution in [0.5, 0.6) is 0 Å². The van der Waals surface area contributed by atoms with Gasteiger partial charge in [0.15, 0.2) is 0 Å². The van der Waals surface area contributed by atoms with Gasteiger partial charge in [-0.3, -0.25) is 4.90 Å². The number of thioether (sulfide) groups is 1. The molecule has 4 rings (SSSR count). The van der Waals surface area contributed by atoms with Crippen LogP contribution in [0.15, 0.2) is 40.3 Å². The lowest BCUT2D eigenvalue weighted by molar-refractivity contribution is -0.673. The molecule has 0 unspecified atom stereocenters. The summed E-state index contributed by atoms with van der Waals surface area (Å²) in [5, 5.41) is 4.02. The van der Waals surface area contributed by atoms with E-state index in [4.69, 9.17) is 0 Å². The molecule has 2 heterocycles. The fourth-order valence-corrected chi connectivity index (χ4v) is 6.08. The maximum atomic E-state index is 2.61. The molecule has 1 aliphatic heterocycles. The summed E-state index contributed by atoms with van der Waals surface area (Å²) < 4.78 is 2.43. The molecular weight excluding hydrogens is 450 g/mol. The maximum Gasteiger partial charge on any atom is 0.277 e. The van der Waals surface area contributed by atoms with Crippen LogP contribution in [0.1, 0.15) is 31.2 Å². The van der Waals surface area contributed by atoms with Crippen molar-refractivity contribution in [3.05, 3.63) is 51.5 Å². The largest absolute Gasteiger partial charge is 0.338 e. The van der Waals surface area contributed by atoms with Crippen molar-refractivity contribution in [2.75, 3.05) is 71.2 Å². The lowest BCUT2D eigenvalue weighted by Gasteiger charge is -2.22. The number of hydrogen-bond acceptors (Lipinski definition) is 5. The number of nitrogens with zero attached hydrogens (tertiary/aromatic N) is 5. The zero-order chi connectivity index (χ0) is 24.9. The number of fused-ring (bicyclic) bond motifs is 2. The van der Waals surface area contributed by atoms with Crippen LogP contribution < -0.4 is 24.9 Å². The highest BCUT2D eigenvalue weighted by molar-refractivity contribution is 8.03. The molecule has 0 atom stereocenters. The molecule has 5 nitrogen and oxygen atoms in total. The van der Waals surface area contributed by atoms with E-state index in [-0.39, 0.29) is 0 Å². The molecule has 0 N–H and O–H groups in total. The van der Waals surface area contributed by atoms with Gasteiger partial charge in [-0.15, -0.1) is 0 Å². The lowest BCUT2D eigenvalue weighted by atomic mass is 10.1. The highest BCUT2D eigenvalue weighted by atomic mass is 32.2. The predicted molar refractivity (Wildman–Crippen MR) is 152 cm³/mol. The zero-order valence-electron chi connectivity index (χ0n) is 22.4. The summed E-state index contributed by atoms with van der Waals surface area (Å²) in [4.78, 5) is 10.8. The average molecular weight is 493 g/mol. The fourth-order valence-electron chi connectivity index (χ4n) is 4.98. The van der Waals surface area contributed by atoms with E-state index in [1.165, 1.54) is 37.6 Å². The Morgan fingerprint density at radius 2 is 1.60 bits per heavy atom. The van der Waals surface area contributed by atoms with Crippen molar-refractivity contribution in [3.63, 3.8) is 0 Å². The highest BCUT2D eigenvalue weighted by Gasteiger charge is 2.24. The van der Waals surface area contributed by atoms with Crippen LogP contribution in [0.3, 0.4) is 0 Å². The van der Waals surface area contributed by atoms with E-state index in [0.717, 1.165) is 51.9 Å². The third-order valence-electron chi connectivity index (χ3n) is 6.87. The molecule has 188 valence electrons. The second-order valence-corrected chi connectivity index (χ2v) is 11.3. The molecule has 35 heavy (non-hydrogen) atoms. The van der Waals surface area contributed by atoms with Crippen molar-refractivity contribution in [2.24, 2.45) is 7.05 Å². The second kappa shape index (κ2) is 11.6. The number of hydrogen-bond donors (Lipinski definition) is 0. The van der Waals surface area contributed by atoms with E-state index in [2.05, 4.69) is 115 Å². The molecule has 0 fully saturated rings. The fraction of sp³-hybridized carbons (Fsp3) is 0.483. The van der Waals surface area contributed by atoms with Crippen LogP contribution in [0.4, 0.5) is 11.5 Å². The van der Waals surface area contributed by atoms with Crippen molar-refractivity contribution in [1.82, 2.24) is 9.80 Å². The van der Waals surface area contributed by atoms with Crippen LogP contribution in [-0.2, 0) is 7.05 Å². The number of para-hydroxylation sites is 1. The van der Waals surface area contributed by atoms with Crippen molar-refractivity contribution in [3.8, 4) is 0 Å². The van der Waals surface area contributed by atoms with E-state index < -0.39 is 0 Å². The molecule has 0 saturated carbocycles. The third kappa shape index (κ3) is 6.11. The van der Waals surface area contributed by atoms with E-state index in [1.807, 2.05) is 11.8 Å². The van der Waals surface area contributed by atoms with Gasteiger partial charge in [0, 0.05) is 36.3 Å². The molecule has 2 aromatic rings. The topological polar surface area (TPSA) is 16.8 Å². The van der Waals surface area contributed by atoms with Gasteiger partial charge in [-0.1, -0.05) is 30.0 Å². The molecule has 2 aliphatic rings. The van der Waals surface area contributed by atoms with Crippen LogP contribution in [0.2, 0.25) is 0 Å². The van der Waals surface area contributed by atoms with Crippen molar-refractivity contribution in [1.29, 1.82) is 0 Å². The first-order chi connectivity index (χ1) is 16.8. The summed E-state index contributed by atoms with van der Waals surface area (Å²) in [7, 11) is 13.1. The van der Waals surface area contributed by atoms with E-state index in [9.17, 15) is 0 Å². The molecule has 1 aromatic carbocycles. The summed E-state index contributed by atoms with van der Waals surface area (Å²) >= 11 is 1.87. The number of benzene rings is 1. The molecule has 1 aromatic heterocycles. The van der Waals surface area contributed by atoms with Gasteiger partial charge in [0.2, 0.25) is 0 Å². The second-order valence-electron chi connectivity index (χ2n) is 10.2. The zero-order valence-corrected chi connectivity index (χ0v) is 23.2. The minimum atomic E-state index is 1.07. The van der Waals surface area contributed by atoms with E-state index in [0.29, 0.717) is 0 Å². The third-order valence-corrected chi connectivity index (χ3v) is 8.04. The Kier molecular flexibility index (Phi) is 8.58. The van der Waals surface area contributed by atoms with Crippen molar-refractivity contribution in [2.45, 2.75) is 30.6 Å². The minimum absolute atomic E-state index is 1.07. The van der Waals surface area contributed by atoms with Crippen LogP contribution >= 0.6 is 11.8 Å². The Bertz CT molecular complexity index is 1170. The summed E-state index contributed by atoms with van der Waals surface area (Å²) in [6.07, 6.45) is 11.8. The molecule has 6 heteroatoms. The lowest BCUT2D eigenvalue weighted by Crippen LogP contribution is -2.59. The van der Waals surface area contributed by atoms with Gasteiger partial charge in [0.1, 0.15) is 5.35 Å². The molecule has 0 saturated heterocycles. The molecular formula is C29H42N5S+. The first-order valence-electron chi connectivity index (χ1n) is 12.9. The van der Waals surface area contributed by atoms with Crippen molar-refractivity contribution < 1.29 is 4.57 Å². The monoisotopic (exact) mass is 492 g/mol. The maximum absolute atomic E-state index is 2.61. The normalized spacial score (nSPS) is 15.9. The Morgan fingerprint density at radius 1 is 0.943 bits per heavy atom. The highest BCUT2D eigenvalue weighted by Crippen LogP contribution is 2.45. The molecule has 1 aliphatic carbocycles. The summed E-state index contributed by atoms with van der Waals surface area (Å²) in [5.41, 5.74) is 2.63. The van der Waals surface area contributed by atoms with Gasteiger partial charge >= 0.3 is 0 Å². The van der Waals surface area contributed by atoms with Crippen LogP contribution in [0, 0.1) is 0 Å². The van der Waals surface area contributed by atoms with Gasteiger partial charge in [-0.05, 0) is 83.7 Å². The van der Waals surface area contributed by atoms with Crippen molar-refractivity contribution >= 4 is 41.5 Å². The van der Waals surface area contributed by atoms with Gasteiger partial charge in [-0.25, -0.2) is 4.57 Å². The van der Waals surface area contributed by atoms with Gasteiger partial charge in [0.25, 0.3) is 5.82 Å². The van der Waals surface area contributed by atoms with Crippen LogP contribution in [0.25, 0.3) is 18.2 Å². The number of anilines is 2. The Balaban J connectivity index is 1.74. The quantitative estimate of drug-likeness (QED) is 0.473. The molecule has 0 spiro atoms. The Labute approximate surface area is 216 Å². The summed E-state index contributed by atoms with van der Waals surface area (Å²) in [6, 6.07) is 11.1. The average Bonchev–Trinajstić information content (AvgIpc) is 3.15. The number of pyridine rings is 1. The number of aromatic nitrogens is 1. The smallest absolute Gasteiger partial charge is 0.277 e. The SMILES string of the molecule is CN(C)CCCN(CCCN(C)C)c1cc(/C=C2\Sc3ccccc3N2C)c2c([n+]1C)=CCCC=2. The van der Waals surface area contributed by atoms with E-state index in [1.54, 1.807) is 0 Å². The molecule has 0 radical (unpaired) electrons. The predicted octanol–water partition coefficient (Wildman–Crippen LogP) is 3.12. The van der Waals surface area contributed by atoms with Gasteiger partial charge in [-0.2, -0.15) is 0 Å². The van der Waals surface area contributed by atoms with Gasteiger partial charge < -0.3 is 14.7 Å². The first-order valence-corrected chi connectivity index (χ1v) is 13.7. The standard InChI is InChI=1S/C29H42N5S/c1-30(2)17-11-19-34(20-12-18-31(3)4)28-21-23(24-13-7-8-14-25(24)32(28)5)22-29-33(6)26-15-9-10-16-27(26)35-29/h9-10,13-16,21-22H,7-8,11-12,17-20H2,1-6H3/q+1. The Morgan fingerprint density at radius 3 is 2.26 bits per heavy atom. The molecule has 0 amide bonds. The van der Waals surface area contributed by atoms with Crippen LogP contribution in [-0.4, -0.2) is 71.2 Å².